The van der Waals surface area contributed by atoms with Crippen molar-refractivity contribution in [3.8, 4) is 6.07 Å². The third-order valence-electron chi connectivity index (χ3n) is 3.25. The number of para-hydroxylation sites is 2. The van der Waals surface area contributed by atoms with Crippen LogP contribution in [0, 0.1) is 16.7 Å². The fourth-order valence-electron chi connectivity index (χ4n) is 2.24. The smallest absolute Gasteiger partial charge is 0.201 e. The number of hydrazone groups is 1. The number of nitrogens with zero attached hydrogens (tertiary/aromatic N) is 3. The van der Waals surface area contributed by atoms with Crippen molar-refractivity contribution >= 4 is 22.9 Å². The molecule has 0 aliphatic carbocycles. The molecule has 1 aromatic carbocycles. The number of hydrogen-bond donors (Lipinski definition) is 3. The van der Waals surface area contributed by atoms with Crippen molar-refractivity contribution in [2.45, 2.75) is 19.3 Å². The maximum absolute atomic E-state index is 8.84. The molecule has 1 aromatic rings. The van der Waals surface area contributed by atoms with Crippen LogP contribution in [0.3, 0.4) is 0 Å². The summed E-state index contributed by atoms with van der Waals surface area (Å²) in [7, 11) is 0. The Kier molecular flexibility index (Phi) is 4.56. The number of benzene rings is 1. The van der Waals surface area contributed by atoms with Gasteiger partial charge >= 0.3 is 0 Å². The van der Waals surface area contributed by atoms with Gasteiger partial charge in [0.1, 0.15) is 6.07 Å². The largest absolute Gasteiger partial charge is 0.382 e. The van der Waals surface area contributed by atoms with Crippen molar-refractivity contribution in [1.82, 2.24) is 0 Å². The van der Waals surface area contributed by atoms with Crippen LogP contribution in [0.15, 0.2) is 29.4 Å². The van der Waals surface area contributed by atoms with Gasteiger partial charge in [0.05, 0.1) is 11.4 Å². The molecule has 2 rings (SSSR count). The Labute approximate surface area is 118 Å². The van der Waals surface area contributed by atoms with Gasteiger partial charge in [-0.1, -0.05) is 12.1 Å². The van der Waals surface area contributed by atoms with E-state index >= 15 is 0 Å². The van der Waals surface area contributed by atoms with Gasteiger partial charge in [0.2, 0.25) is 5.71 Å². The molecule has 1 aliphatic heterocycles. The van der Waals surface area contributed by atoms with Crippen molar-refractivity contribution in [2.24, 2.45) is 10.8 Å². The highest BCUT2D eigenvalue weighted by atomic mass is 15.3. The van der Waals surface area contributed by atoms with E-state index in [-0.39, 0.29) is 11.5 Å². The second-order valence-corrected chi connectivity index (χ2v) is 4.66. The van der Waals surface area contributed by atoms with Crippen LogP contribution in [-0.4, -0.2) is 24.6 Å². The van der Waals surface area contributed by atoms with Crippen LogP contribution in [0.1, 0.15) is 19.3 Å². The molecule has 0 unspecified atom stereocenters. The van der Waals surface area contributed by atoms with Gasteiger partial charge in [0, 0.05) is 13.1 Å². The van der Waals surface area contributed by atoms with Crippen LogP contribution in [-0.2, 0) is 0 Å². The van der Waals surface area contributed by atoms with E-state index in [9.17, 15) is 0 Å². The third kappa shape index (κ3) is 3.26. The first-order chi connectivity index (χ1) is 9.72. The number of hydrogen-bond acceptors (Lipinski definition) is 5. The average molecular weight is 270 g/mol. The minimum Gasteiger partial charge on any atom is -0.382 e. The van der Waals surface area contributed by atoms with Crippen LogP contribution < -0.4 is 16.1 Å². The summed E-state index contributed by atoms with van der Waals surface area (Å²) >= 11 is 0. The molecular formula is C14H18N6. The lowest BCUT2D eigenvalue weighted by molar-refractivity contribution is 0.578. The van der Waals surface area contributed by atoms with Gasteiger partial charge in [-0.3, -0.25) is 10.8 Å². The molecule has 4 N–H and O–H groups in total. The molecule has 20 heavy (non-hydrogen) atoms. The highest BCUT2D eigenvalue weighted by Crippen LogP contribution is 2.28. The minimum atomic E-state index is -0.338. The number of nitrogens with one attached hydrogen (secondary N) is 2. The van der Waals surface area contributed by atoms with Crippen molar-refractivity contribution in [3.63, 3.8) is 0 Å². The molecule has 1 aliphatic rings. The van der Waals surface area contributed by atoms with Crippen LogP contribution in [0.25, 0.3) is 0 Å². The highest BCUT2D eigenvalue weighted by molar-refractivity contribution is 6.45. The first-order valence-corrected chi connectivity index (χ1v) is 6.64. The average Bonchev–Trinajstić information content (AvgIpc) is 2.49. The van der Waals surface area contributed by atoms with Crippen molar-refractivity contribution in [3.05, 3.63) is 24.3 Å². The number of nitriles is 1. The fraction of sp³-hybridized carbons (Fsp3) is 0.357. The van der Waals surface area contributed by atoms with Gasteiger partial charge < -0.3 is 10.6 Å². The summed E-state index contributed by atoms with van der Waals surface area (Å²) in [4.78, 5) is 2.31. The molecule has 0 amide bonds. The Morgan fingerprint density at radius 3 is 2.65 bits per heavy atom. The zero-order chi connectivity index (χ0) is 14.4. The topological polar surface area (TPSA) is 101 Å². The van der Waals surface area contributed by atoms with Crippen LogP contribution >= 0.6 is 0 Å². The minimum absolute atomic E-state index is 0.113. The summed E-state index contributed by atoms with van der Waals surface area (Å²) in [5.41, 5.74) is 9.89. The monoisotopic (exact) mass is 270 g/mol. The van der Waals surface area contributed by atoms with Crippen molar-refractivity contribution in [2.75, 3.05) is 23.4 Å². The molecule has 0 saturated carbocycles. The van der Waals surface area contributed by atoms with E-state index in [1.165, 1.54) is 19.3 Å². The molecule has 0 bridgehead atoms. The summed E-state index contributed by atoms with van der Waals surface area (Å²) in [6, 6.07) is 9.62. The number of rotatable bonds is 4. The molecule has 104 valence electrons. The molecule has 6 heteroatoms. The molecule has 6 nitrogen and oxygen atoms in total. The molecule has 0 atom stereocenters. The number of amidine groups is 1. The first-order valence-electron chi connectivity index (χ1n) is 6.64. The molecule has 0 spiro atoms. The van der Waals surface area contributed by atoms with Crippen molar-refractivity contribution in [1.29, 1.82) is 10.7 Å². The van der Waals surface area contributed by atoms with Gasteiger partial charge in [-0.2, -0.15) is 10.4 Å². The Morgan fingerprint density at radius 2 is 2.00 bits per heavy atom. The molecular weight excluding hydrogens is 252 g/mol. The summed E-state index contributed by atoms with van der Waals surface area (Å²) in [5.74, 6) is -0.338. The van der Waals surface area contributed by atoms with Gasteiger partial charge in [-0.15, -0.1) is 0 Å². The lowest BCUT2D eigenvalue weighted by atomic mass is 10.1. The molecule has 1 heterocycles. The highest BCUT2D eigenvalue weighted by Gasteiger charge is 2.14. The van der Waals surface area contributed by atoms with Gasteiger partial charge in [0.15, 0.2) is 5.84 Å². The van der Waals surface area contributed by atoms with E-state index in [1.54, 1.807) is 6.07 Å². The zero-order valence-corrected chi connectivity index (χ0v) is 11.3. The molecule has 1 fully saturated rings. The predicted molar refractivity (Wildman–Crippen MR) is 81.1 cm³/mol. The summed E-state index contributed by atoms with van der Waals surface area (Å²) < 4.78 is 0. The number of anilines is 2. The molecule has 0 radical (unpaired) electrons. The quantitative estimate of drug-likeness (QED) is 0.442. The van der Waals surface area contributed by atoms with E-state index in [2.05, 4.69) is 15.4 Å². The summed E-state index contributed by atoms with van der Waals surface area (Å²) in [6.45, 7) is 2.06. The van der Waals surface area contributed by atoms with Crippen LogP contribution in [0.5, 0.6) is 0 Å². The third-order valence-corrected chi connectivity index (χ3v) is 3.25. The summed E-state index contributed by atoms with van der Waals surface area (Å²) in [6.07, 6.45) is 3.65. The maximum Gasteiger partial charge on any atom is 0.201 e. The summed E-state index contributed by atoms with van der Waals surface area (Å²) in [5, 5.41) is 20.0. The fourth-order valence-corrected chi connectivity index (χ4v) is 2.24. The molecule has 1 saturated heterocycles. The normalized spacial score (nSPS) is 15.6. The lowest BCUT2D eigenvalue weighted by Gasteiger charge is -2.30. The first kappa shape index (κ1) is 13.9. The predicted octanol–water partition coefficient (Wildman–Crippen LogP) is 1.90. The van der Waals surface area contributed by atoms with E-state index < -0.39 is 0 Å². The van der Waals surface area contributed by atoms with E-state index in [0.717, 1.165) is 24.5 Å². The van der Waals surface area contributed by atoms with E-state index in [1.807, 2.05) is 24.3 Å². The standard InChI is InChI=1S/C14H18N6/c15-10-12(14(16)17)19-18-11-6-2-3-7-13(11)20-8-4-1-5-9-20/h2-3,6-7,18H,1,4-5,8-9H2,(H3,16,17)/b19-12+. The van der Waals surface area contributed by atoms with Crippen molar-refractivity contribution < 1.29 is 0 Å². The Morgan fingerprint density at radius 1 is 1.30 bits per heavy atom. The number of piperidine rings is 1. The SMILES string of the molecule is N#C/C(=N\Nc1ccccc1N1CCCCC1)C(=N)N. The second-order valence-electron chi connectivity index (χ2n) is 4.66. The second kappa shape index (κ2) is 6.57. The Hall–Kier alpha value is -2.55. The lowest BCUT2D eigenvalue weighted by Crippen LogP contribution is -2.30. The van der Waals surface area contributed by atoms with Gasteiger partial charge in [-0.25, -0.2) is 0 Å². The van der Waals surface area contributed by atoms with Crippen LogP contribution in [0.2, 0.25) is 0 Å². The van der Waals surface area contributed by atoms with Gasteiger partial charge in [-0.05, 0) is 31.4 Å². The van der Waals surface area contributed by atoms with Gasteiger partial charge in [0.25, 0.3) is 0 Å². The maximum atomic E-state index is 8.84. The Bertz CT molecular complexity index is 551. The number of nitrogens with two attached hydrogens (primary N) is 1. The molecule has 0 aromatic heterocycles. The zero-order valence-electron chi connectivity index (χ0n) is 11.3. The Balaban J connectivity index is 2.20. The van der Waals surface area contributed by atoms with E-state index in [0.29, 0.717) is 0 Å². The van der Waals surface area contributed by atoms with Crippen LogP contribution in [0.4, 0.5) is 11.4 Å². The van der Waals surface area contributed by atoms with E-state index in [4.69, 9.17) is 16.4 Å².